The maximum Gasteiger partial charge on any atom is 0.311 e. The molecule has 116 valence electrons. The Morgan fingerprint density at radius 1 is 1.14 bits per heavy atom. The van der Waals surface area contributed by atoms with Crippen LogP contribution in [0.25, 0.3) is 10.8 Å². The topological polar surface area (TPSA) is 58.6 Å². The number of piperidine rings is 1. The largest absolute Gasteiger partial charge is 0.426 e. The van der Waals surface area contributed by atoms with Crippen molar-refractivity contribution in [1.29, 1.82) is 0 Å². The molecule has 0 amide bonds. The van der Waals surface area contributed by atoms with E-state index in [9.17, 15) is 9.90 Å². The summed E-state index contributed by atoms with van der Waals surface area (Å²) in [5, 5.41) is 15.1. The van der Waals surface area contributed by atoms with E-state index in [0.29, 0.717) is 5.75 Å². The fourth-order valence-corrected chi connectivity index (χ4v) is 3.05. The molecule has 4 heteroatoms. The molecule has 1 saturated heterocycles. The first-order valence-electron chi connectivity index (χ1n) is 7.72. The van der Waals surface area contributed by atoms with Crippen LogP contribution in [0.15, 0.2) is 42.5 Å². The van der Waals surface area contributed by atoms with Gasteiger partial charge in [0.05, 0.1) is 6.42 Å². The molecule has 0 spiro atoms. The van der Waals surface area contributed by atoms with Crippen LogP contribution in [0.4, 0.5) is 0 Å². The van der Waals surface area contributed by atoms with Gasteiger partial charge in [0.1, 0.15) is 5.75 Å². The Labute approximate surface area is 130 Å². The van der Waals surface area contributed by atoms with Crippen molar-refractivity contribution < 1.29 is 14.6 Å². The standard InChI is InChI=1S/C18H21NO3/c20-13-18(7-9-19-10-8-18)12-17(21)22-16-6-5-14-3-1-2-4-15(14)11-16/h1-6,11,19-20H,7-10,12-13H2. The third-order valence-corrected chi connectivity index (χ3v) is 4.47. The number of hydrogen-bond donors (Lipinski definition) is 2. The molecule has 0 saturated carbocycles. The highest BCUT2D eigenvalue weighted by molar-refractivity contribution is 5.84. The zero-order chi connectivity index (χ0) is 15.4. The van der Waals surface area contributed by atoms with Crippen molar-refractivity contribution >= 4 is 16.7 Å². The van der Waals surface area contributed by atoms with Crippen LogP contribution in [0.3, 0.4) is 0 Å². The molecule has 0 bridgehead atoms. The minimum atomic E-state index is -0.334. The van der Waals surface area contributed by atoms with E-state index in [0.717, 1.165) is 36.7 Å². The lowest BCUT2D eigenvalue weighted by atomic mass is 9.77. The maximum absolute atomic E-state index is 12.2. The molecule has 0 radical (unpaired) electrons. The number of ether oxygens (including phenoxy) is 1. The Morgan fingerprint density at radius 2 is 1.86 bits per heavy atom. The lowest BCUT2D eigenvalue weighted by Crippen LogP contribution is -2.41. The summed E-state index contributed by atoms with van der Waals surface area (Å²) in [6.45, 7) is 1.70. The van der Waals surface area contributed by atoms with E-state index in [-0.39, 0.29) is 24.4 Å². The van der Waals surface area contributed by atoms with Crippen LogP contribution in [0.1, 0.15) is 19.3 Å². The molecule has 0 aromatic heterocycles. The van der Waals surface area contributed by atoms with Crippen molar-refractivity contribution in [1.82, 2.24) is 5.32 Å². The molecule has 0 aliphatic carbocycles. The summed E-state index contributed by atoms with van der Waals surface area (Å²) in [6.07, 6.45) is 1.87. The van der Waals surface area contributed by atoms with Gasteiger partial charge in [0.2, 0.25) is 0 Å². The van der Waals surface area contributed by atoms with Crippen LogP contribution in [-0.2, 0) is 4.79 Å². The number of carbonyl (C=O) groups is 1. The van der Waals surface area contributed by atoms with Crippen LogP contribution < -0.4 is 10.1 Å². The number of aliphatic hydroxyl groups is 1. The first-order chi connectivity index (χ1) is 10.7. The molecule has 1 fully saturated rings. The molecule has 0 atom stereocenters. The summed E-state index contributed by atoms with van der Waals surface area (Å²) in [4.78, 5) is 12.2. The average Bonchev–Trinajstić information content (AvgIpc) is 2.55. The minimum Gasteiger partial charge on any atom is -0.426 e. The number of fused-ring (bicyclic) bond motifs is 1. The summed E-state index contributed by atoms with van der Waals surface area (Å²) < 4.78 is 5.48. The maximum atomic E-state index is 12.2. The van der Waals surface area contributed by atoms with Crippen LogP contribution in [0.2, 0.25) is 0 Å². The molecule has 4 nitrogen and oxygen atoms in total. The third-order valence-electron chi connectivity index (χ3n) is 4.47. The second-order valence-corrected chi connectivity index (χ2v) is 6.07. The first kappa shape index (κ1) is 15.0. The second kappa shape index (κ2) is 6.46. The van der Waals surface area contributed by atoms with Gasteiger partial charge in [-0.15, -0.1) is 0 Å². The Hall–Kier alpha value is -1.91. The minimum absolute atomic E-state index is 0.0293. The van der Waals surface area contributed by atoms with Gasteiger partial charge in [0.25, 0.3) is 0 Å². The highest BCUT2D eigenvalue weighted by Crippen LogP contribution is 2.33. The van der Waals surface area contributed by atoms with E-state index in [1.807, 2.05) is 42.5 Å². The molecule has 2 N–H and O–H groups in total. The summed E-state index contributed by atoms with van der Waals surface area (Å²) in [6, 6.07) is 13.6. The van der Waals surface area contributed by atoms with Gasteiger partial charge in [-0.05, 0) is 48.8 Å². The van der Waals surface area contributed by atoms with E-state index in [1.165, 1.54) is 0 Å². The molecule has 22 heavy (non-hydrogen) atoms. The van der Waals surface area contributed by atoms with Crippen LogP contribution in [0.5, 0.6) is 5.75 Å². The highest BCUT2D eigenvalue weighted by Gasteiger charge is 2.34. The predicted octanol–water partition coefficient (Wildman–Crippen LogP) is 2.50. The van der Waals surface area contributed by atoms with E-state index < -0.39 is 0 Å². The number of carbonyl (C=O) groups excluding carboxylic acids is 1. The smallest absolute Gasteiger partial charge is 0.311 e. The van der Waals surface area contributed by atoms with Gasteiger partial charge in [0, 0.05) is 12.0 Å². The van der Waals surface area contributed by atoms with Gasteiger partial charge < -0.3 is 15.2 Å². The summed E-state index contributed by atoms with van der Waals surface area (Å²) in [7, 11) is 0. The van der Waals surface area contributed by atoms with Crippen LogP contribution in [-0.4, -0.2) is 30.8 Å². The zero-order valence-electron chi connectivity index (χ0n) is 12.5. The summed E-state index contributed by atoms with van der Waals surface area (Å²) >= 11 is 0. The van der Waals surface area contributed by atoms with Gasteiger partial charge in [-0.2, -0.15) is 0 Å². The number of nitrogens with one attached hydrogen (secondary N) is 1. The van der Waals surface area contributed by atoms with Gasteiger partial charge >= 0.3 is 5.97 Å². The van der Waals surface area contributed by atoms with E-state index in [1.54, 1.807) is 0 Å². The molecule has 0 unspecified atom stereocenters. The van der Waals surface area contributed by atoms with Gasteiger partial charge in [-0.3, -0.25) is 4.79 Å². The monoisotopic (exact) mass is 299 g/mol. The van der Waals surface area contributed by atoms with Gasteiger partial charge in [-0.25, -0.2) is 0 Å². The van der Waals surface area contributed by atoms with E-state index >= 15 is 0 Å². The lowest BCUT2D eigenvalue weighted by Gasteiger charge is -2.35. The quantitative estimate of drug-likeness (QED) is 0.673. The molecule has 1 aliphatic heterocycles. The SMILES string of the molecule is O=C(CC1(CO)CCNCC1)Oc1ccc2ccccc2c1. The molecule has 3 rings (SSSR count). The number of esters is 1. The molecule has 1 aliphatic rings. The molecular formula is C18H21NO3. The van der Waals surface area contributed by atoms with Crippen molar-refractivity contribution in [3.05, 3.63) is 42.5 Å². The Morgan fingerprint density at radius 3 is 2.59 bits per heavy atom. The predicted molar refractivity (Wildman–Crippen MR) is 85.8 cm³/mol. The van der Waals surface area contributed by atoms with Crippen molar-refractivity contribution in [2.24, 2.45) is 5.41 Å². The number of hydrogen-bond acceptors (Lipinski definition) is 4. The van der Waals surface area contributed by atoms with Crippen molar-refractivity contribution in [2.45, 2.75) is 19.3 Å². The molecule has 2 aromatic carbocycles. The van der Waals surface area contributed by atoms with Crippen molar-refractivity contribution in [3.63, 3.8) is 0 Å². The molecule has 2 aromatic rings. The Balaban J connectivity index is 1.69. The zero-order valence-corrected chi connectivity index (χ0v) is 12.5. The lowest BCUT2D eigenvalue weighted by molar-refractivity contribution is -0.138. The van der Waals surface area contributed by atoms with E-state index in [2.05, 4.69) is 5.32 Å². The average molecular weight is 299 g/mol. The van der Waals surface area contributed by atoms with Crippen molar-refractivity contribution in [3.8, 4) is 5.75 Å². The summed E-state index contributed by atoms with van der Waals surface area (Å²) in [5.41, 5.74) is -0.334. The molecule has 1 heterocycles. The van der Waals surface area contributed by atoms with Crippen LogP contribution >= 0.6 is 0 Å². The van der Waals surface area contributed by atoms with Crippen molar-refractivity contribution in [2.75, 3.05) is 19.7 Å². The number of aliphatic hydroxyl groups excluding tert-OH is 1. The van der Waals surface area contributed by atoms with E-state index in [4.69, 9.17) is 4.74 Å². The highest BCUT2D eigenvalue weighted by atomic mass is 16.5. The van der Waals surface area contributed by atoms with Gasteiger partial charge in [-0.1, -0.05) is 30.3 Å². The summed E-state index contributed by atoms with van der Waals surface area (Å²) in [5.74, 6) is 0.289. The number of rotatable bonds is 4. The fourth-order valence-electron chi connectivity index (χ4n) is 3.05. The first-order valence-corrected chi connectivity index (χ1v) is 7.72. The fraction of sp³-hybridized carbons (Fsp3) is 0.389. The second-order valence-electron chi connectivity index (χ2n) is 6.07. The Kier molecular flexibility index (Phi) is 4.41. The normalized spacial score (nSPS) is 17.3. The van der Waals surface area contributed by atoms with Crippen LogP contribution in [0, 0.1) is 5.41 Å². The van der Waals surface area contributed by atoms with Gasteiger partial charge in [0.15, 0.2) is 0 Å². The number of benzene rings is 2. The molecular weight excluding hydrogens is 278 g/mol. The third kappa shape index (κ3) is 3.29. The Bertz CT molecular complexity index is 662.